The summed E-state index contributed by atoms with van der Waals surface area (Å²) < 4.78 is 0. The van der Waals surface area contributed by atoms with E-state index in [0.717, 1.165) is 25.7 Å². The molecule has 0 spiro atoms. The van der Waals surface area contributed by atoms with E-state index in [-0.39, 0.29) is 6.10 Å². The monoisotopic (exact) mass is 226 g/mol. The van der Waals surface area contributed by atoms with E-state index < -0.39 is 0 Å². The Morgan fingerprint density at radius 2 is 1.62 bits per heavy atom. The van der Waals surface area contributed by atoms with Gasteiger partial charge in [0.25, 0.3) is 0 Å². The van der Waals surface area contributed by atoms with Crippen LogP contribution in [0.2, 0.25) is 0 Å². The summed E-state index contributed by atoms with van der Waals surface area (Å²) >= 11 is 0. The van der Waals surface area contributed by atoms with E-state index in [0.29, 0.717) is 17.6 Å². The second-order valence-corrected chi connectivity index (χ2v) is 5.44. The summed E-state index contributed by atoms with van der Waals surface area (Å²) in [5.41, 5.74) is 0. The lowest BCUT2D eigenvalue weighted by atomic mass is 9.88. The van der Waals surface area contributed by atoms with Crippen LogP contribution in [0.5, 0.6) is 0 Å². The van der Waals surface area contributed by atoms with Gasteiger partial charge in [-0.2, -0.15) is 0 Å². The highest BCUT2D eigenvalue weighted by molar-refractivity contribution is 5.81. The van der Waals surface area contributed by atoms with Crippen LogP contribution in [0.3, 0.4) is 0 Å². The van der Waals surface area contributed by atoms with Crippen molar-refractivity contribution in [3.05, 3.63) is 0 Å². The minimum atomic E-state index is 0.00347. The number of aliphatic hydroxyl groups excluding tert-OH is 1. The van der Waals surface area contributed by atoms with Crippen LogP contribution in [-0.2, 0) is 4.79 Å². The molecule has 0 aromatic heterocycles. The average molecular weight is 226 g/mol. The summed E-state index contributed by atoms with van der Waals surface area (Å²) in [6.07, 6.45) is 9.14. The Hall–Kier alpha value is -0.370. The van der Waals surface area contributed by atoms with Crippen molar-refractivity contribution < 1.29 is 9.90 Å². The molecule has 0 heterocycles. The Morgan fingerprint density at radius 1 is 1.00 bits per heavy atom. The van der Waals surface area contributed by atoms with Gasteiger partial charge in [-0.3, -0.25) is 4.79 Å². The summed E-state index contributed by atoms with van der Waals surface area (Å²) in [6, 6.07) is 0. The molecule has 0 radical (unpaired) electrons. The lowest BCUT2D eigenvalue weighted by Gasteiger charge is -2.23. The van der Waals surface area contributed by atoms with E-state index in [1.807, 2.05) is 6.92 Å². The molecule has 2 saturated carbocycles. The van der Waals surface area contributed by atoms with Gasteiger partial charge in [0.05, 0.1) is 6.10 Å². The molecule has 0 aromatic carbocycles. The van der Waals surface area contributed by atoms with Crippen molar-refractivity contribution in [3.8, 4) is 0 Å². The number of hydrogen-bond donors (Lipinski definition) is 1. The maximum absolute atomic E-state index is 10.8. The summed E-state index contributed by atoms with van der Waals surface area (Å²) in [7, 11) is 0. The molecule has 0 saturated heterocycles. The molecule has 0 amide bonds. The first kappa shape index (κ1) is 13.7. The number of carbonyl (C=O) groups is 1. The van der Waals surface area contributed by atoms with Crippen molar-refractivity contribution in [1.82, 2.24) is 0 Å². The smallest absolute Gasteiger partial charge is 0.135 e. The van der Waals surface area contributed by atoms with Gasteiger partial charge in [-0.25, -0.2) is 0 Å². The van der Waals surface area contributed by atoms with Crippen molar-refractivity contribution in [3.63, 3.8) is 0 Å². The predicted octanol–water partition coefficient (Wildman–Crippen LogP) is 3.32. The van der Waals surface area contributed by atoms with E-state index in [9.17, 15) is 9.90 Å². The molecule has 2 heteroatoms. The van der Waals surface area contributed by atoms with Crippen LogP contribution in [0.1, 0.15) is 65.2 Å². The second kappa shape index (κ2) is 7.05. The van der Waals surface area contributed by atoms with Crippen LogP contribution in [0.15, 0.2) is 0 Å². The SMILES string of the molecule is CC1CCCCC1=O.CC1CCCCC1O. The van der Waals surface area contributed by atoms with Gasteiger partial charge in [-0.05, 0) is 31.6 Å². The molecule has 2 rings (SSSR count). The van der Waals surface area contributed by atoms with Crippen LogP contribution < -0.4 is 0 Å². The van der Waals surface area contributed by atoms with Crippen LogP contribution in [-0.4, -0.2) is 17.0 Å². The standard InChI is InChI=1S/C7H14O.C7H12O/c2*1-6-4-2-3-5-7(6)8/h6-8H,2-5H2,1H3;6H,2-5H2,1H3. The predicted molar refractivity (Wildman–Crippen MR) is 66.3 cm³/mol. The van der Waals surface area contributed by atoms with Gasteiger partial charge >= 0.3 is 0 Å². The van der Waals surface area contributed by atoms with E-state index in [2.05, 4.69) is 6.92 Å². The number of hydrogen-bond acceptors (Lipinski definition) is 2. The maximum Gasteiger partial charge on any atom is 0.135 e. The molecule has 2 aliphatic carbocycles. The minimum Gasteiger partial charge on any atom is -0.393 e. The van der Waals surface area contributed by atoms with Crippen molar-refractivity contribution in [2.75, 3.05) is 0 Å². The van der Waals surface area contributed by atoms with E-state index in [4.69, 9.17) is 0 Å². The van der Waals surface area contributed by atoms with Gasteiger partial charge < -0.3 is 5.11 Å². The van der Waals surface area contributed by atoms with Crippen molar-refractivity contribution >= 4 is 5.78 Å². The highest BCUT2D eigenvalue weighted by Crippen LogP contribution is 2.23. The zero-order chi connectivity index (χ0) is 12.0. The first-order valence-corrected chi connectivity index (χ1v) is 6.82. The molecule has 2 fully saturated rings. The third-order valence-electron chi connectivity index (χ3n) is 3.93. The number of rotatable bonds is 0. The molecule has 0 aliphatic heterocycles. The quantitative estimate of drug-likeness (QED) is 0.688. The van der Waals surface area contributed by atoms with Crippen LogP contribution in [0, 0.1) is 11.8 Å². The van der Waals surface area contributed by atoms with Gasteiger partial charge in [-0.15, -0.1) is 0 Å². The normalized spacial score (nSPS) is 35.2. The summed E-state index contributed by atoms with van der Waals surface area (Å²) in [6.45, 7) is 4.16. The fourth-order valence-corrected chi connectivity index (χ4v) is 2.45. The van der Waals surface area contributed by atoms with Crippen molar-refractivity contribution in [2.24, 2.45) is 11.8 Å². The van der Waals surface area contributed by atoms with Crippen LogP contribution >= 0.6 is 0 Å². The Labute approximate surface area is 99.4 Å². The maximum atomic E-state index is 10.8. The Kier molecular flexibility index (Phi) is 6.04. The molecule has 3 unspecified atom stereocenters. The number of aliphatic hydroxyl groups is 1. The van der Waals surface area contributed by atoms with Crippen LogP contribution in [0.25, 0.3) is 0 Å². The largest absolute Gasteiger partial charge is 0.393 e. The molecule has 3 atom stereocenters. The van der Waals surface area contributed by atoms with E-state index >= 15 is 0 Å². The molecule has 16 heavy (non-hydrogen) atoms. The Bertz CT molecular complexity index is 203. The van der Waals surface area contributed by atoms with Gasteiger partial charge in [0.15, 0.2) is 0 Å². The highest BCUT2D eigenvalue weighted by Gasteiger charge is 2.17. The molecule has 0 bridgehead atoms. The van der Waals surface area contributed by atoms with Gasteiger partial charge in [-0.1, -0.05) is 33.1 Å². The fourth-order valence-electron chi connectivity index (χ4n) is 2.45. The summed E-state index contributed by atoms with van der Waals surface area (Å²) in [4.78, 5) is 10.8. The third-order valence-corrected chi connectivity index (χ3v) is 3.93. The summed E-state index contributed by atoms with van der Waals surface area (Å²) in [5, 5.41) is 9.18. The van der Waals surface area contributed by atoms with Gasteiger partial charge in [0, 0.05) is 12.3 Å². The van der Waals surface area contributed by atoms with E-state index in [1.165, 1.54) is 25.7 Å². The lowest BCUT2D eigenvalue weighted by molar-refractivity contribution is -0.123. The van der Waals surface area contributed by atoms with Crippen molar-refractivity contribution in [1.29, 1.82) is 0 Å². The molecule has 94 valence electrons. The molecular weight excluding hydrogens is 200 g/mol. The van der Waals surface area contributed by atoms with Crippen LogP contribution in [0.4, 0.5) is 0 Å². The van der Waals surface area contributed by atoms with Crippen molar-refractivity contribution in [2.45, 2.75) is 71.3 Å². The fraction of sp³-hybridized carbons (Fsp3) is 0.929. The minimum absolute atomic E-state index is 0.00347. The molecular formula is C14H26O2. The topological polar surface area (TPSA) is 37.3 Å². The zero-order valence-electron chi connectivity index (χ0n) is 10.7. The highest BCUT2D eigenvalue weighted by atomic mass is 16.3. The molecule has 2 aliphatic rings. The van der Waals surface area contributed by atoms with Gasteiger partial charge in [0.1, 0.15) is 5.78 Å². The number of ketones is 1. The lowest BCUT2D eigenvalue weighted by Crippen LogP contribution is -2.21. The average Bonchev–Trinajstić information content (AvgIpc) is 2.28. The second-order valence-electron chi connectivity index (χ2n) is 5.44. The molecule has 2 nitrogen and oxygen atoms in total. The Morgan fingerprint density at radius 3 is 2.00 bits per heavy atom. The first-order valence-electron chi connectivity index (χ1n) is 6.82. The zero-order valence-corrected chi connectivity index (χ0v) is 10.7. The number of carbonyl (C=O) groups excluding carboxylic acids is 1. The summed E-state index contributed by atoms with van der Waals surface area (Å²) in [5.74, 6) is 1.39. The Balaban J connectivity index is 0.000000160. The molecule has 1 N–H and O–H groups in total. The first-order chi connectivity index (χ1) is 7.61. The molecule has 0 aromatic rings. The number of Topliss-reactive ketones (excluding diaryl/α,β-unsaturated/α-hetero) is 1. The third kappa shape index (κ3) is 4.65. The van der Waals surface area contributed by atoms with Gasteiger partial charge in [0.2, 0.25) is 0 Å². The van der Waals surface area contributed by atoms with E-state index in [1.54, 1.807) is 0 Å².